The van der Waals surface area contributed by atoms with Crippen molar-refractivity contribution in [2.24, 2.45) is 0 Å². The molecule has 0 radical (unpaired) electrons. The maximum atomic E-state index is 13.8. The first-order valence-electron chi connectivity index (χ1n) is 10.2. The van der Waals surface area contributed by atoms with E-state index >= 15 is 0 Å². The Morgan fingerprint density at radius 3 is 1.96 bits per heavy atom. The van der Waals surface area contributed by atoms with Gasteiger partial charge in [0.05, 0.1) is 18.1 Å². The predicted molar refractivity (Wildman–Crippen MR) is 104 cm³/mol. The Labute approximate surface area is 163 Å². The molecule has 0 aromatic heterocycles. The molecule has 0 amide bonds. The molecule has 0 heterocycles. The van der Waals surface area contributed by atoms with Crippen molar-refractivity contribution < 1.29 is 23.4 Å². The highest BCUT2D eigenvalue weighted by atomic mass is 19.2. The van der Waals surface area contributed by atoms with Crippen LogP contribution in [0.25, 0.3) is 0 Å². The van der Waals surface area contributed by atoms with Gasteiger partial charge in [-0.1, -0.05) is 51.5 Å². The van der Waals surface area contributed by atoms with E-state index in [0.717, 1.165) is 31.4 Å². The van der Waals surface area contributed by atoms with Gasteiger partial charge >= 0.3 is 0 Å². The normalized spacial score (nSPS) is 13.6. The van der Waals surface area contributed by atoms with Crippen molar-refractivity contribution in [3.63, 3.8) is 0 Å². The fraction of sp³-hybridized carbons (Fsp3) is 0.727. The van der Waals surface area contributed by atoms with Crippen LogP contribution in [0.5, 0.6) is 0 Å². The van der Waals surface area contributed by atoms with Gasteiger partial charge in [-0.2, -0.15) is 0 Å². The maximum absolute atomic E-state index is 13.8. The van der Waals surface area contributed by atoms with E-state index in [2.05, 4.69) is 6.92 Å². The molecule has 0 aliphatic carbocycles. The summed E-state index contributed by atoms with van der Waals surface area (Å²) in [6.45, 7) is 9.40. The second-order valence-corrected chi connectivity index (χ2v) is 7.75. The van der Waals surface area contributed by atoms with E-state index in [1.54, 1.807) is 0 Å². The summed E-state index contributed by atoms with van der Waals surface area (Å²) in [6, 6.07) is 3.72. The van der Waals surface area contributed by atoms with Crippen LogP contribution in [-0.4, -0.2) is 23.3 Å². The Kier molecular flexibility index (Phi) is 10.4. The number of hydrogen-bond acceptors (Lipinski definition) is 3. The fourth-order valence-corrected chi connectivity index (χ4v) is 3.29. The highest BCUT2D eigenvalue weighted by molar-refractivity contribution is 5.23. The lowest BCUT2D eigenvalue weighted by atomic mass is 9.90. The van der Waals surface area contributed by atoms with Crippen molar-refractivity contribution in [2.45, 2.75) is 104 Å². The highest BCUT2D eigenvalue weighted by Crippen LogP contribution is 2.37. The molecule has 5 heteroatoms. The summed E-state index contributed by atoms with van der Waals surface area (Å²) in [4.78, 5) is 0. The van der Waals surface area contributed by atoms with Crippen LogP contribution in [-0.2, 0) is 9.47 Å². The zero-order valence-corrected chi connectivity index (χ0v) is 17.4. The molecule has 1 aromatic carbocycles. The van der Waals surface area contributed by atoms with E-state index in [0.29, 0.717) is 12.0 Å². The Balaban J connectivity index is 3.03. The second kappa shape index (κ2) is 11.7. The predicted octanol–water partition coefficient (Wildman–Crippen LogP) is 6.30. The Morgan fingerprint density at radius 2 is 1.44 bits per heavy atom. The highest BCUT2D eigenvalue weighted by Gasteiger charge is 2.42. The molecule has 0 aliphatic rings. The van der Waals surface area contributed by atoms with Crippen LogP contribution in [0.3, 0.4) is 0 Å². The van der Waals surface area contributed by atoms with Gasteiger partial charge < -0.3 is 14.6 Å². The van der Waals surface area contributed by atoms with Gasteiger partial charge in [0.2, 0.25) is 0 Å². The average molecular weight is 387 g/mol. The number of benzene rings is 1. The van der Waals surface area contributed by atoms with Crippen LogP contribution in [0.2, 0.25) is 0 Å². The van der Waals surface area contributed by atoms with E-state index < -0.39 is 23.5 Å². The lowest BCUT2D eigenvalue weighted by molar-refractivity contribution is -0.393. The largest absolute Gasteiger partial charge is 0.343 e. The molecule has 1 atom stereocenters. The summed E-state index contributed by atoms with van der Waals surface area (Å²) < 4.78 is 38.7. The van der Waals surface area contributed by atoms with Gasteiger partial charge in [0, 0.05) is 0 Å². The van der Waals surface area contributed by atoms with Gasteiger partial charge in [0.25, 0.3) is 5.97 Å². The van der Waals surface area contributed by atoms with Crippen LogP contribution >= 0.6 is 0 Å². The maximum Gasteiger partial charge on any atom is 0.288 e. The molecule has 1 aromatic rings. The molecule has 0 spiro atoms. The summed E-state index contributed by atoms with van der Waals surface area (Å²) in [6.07, 6.45) is 6.54. The molecule has 0 saturated carbocycles. The standard InChI is InChI=1S/C22H36F2O3/c1-6-7-8-9-10-11-12-19(18-13-14-20(23)21(24)15-18)22(25,26-16(2)3)27-17(4)5/h13-17,19,25H,6-12H2,1-5H3. The van der Waals surface area contributed by atoms with Gasteiger partial charge in [-0.05, 0) is 51.8 Å². The molecule has 0 bridgehead atoms. The molecular weight excluding hydrogens is 350 g/mol. The first-order valence-corrected chi connectivity index (χ1v) is 10.2. The number of hydrogen-bond donors (Lipinski definition) is 1. The van der Waals surface area contributed by atoms with Crippen molar-refractivity contribution in [1.29, 1.82) is 0 Å². The van der Waals surface area contributed by atoms with E-state index in [9.17, 15) is 13.9 Å². The monoisotopic (exact) mass is 386 g/mol. The van der Waals surface area contributed by atoms with Crippen molar-refractivity contribution in [3.05, 3.63) is 35.4 Å². The molecule has 3 nitrogen and oxygen atoms in total. The third-order valence-electron chi connectivity index (χ3n) is 4.44. The van der Waals surface area contributed by atoms with Crippen molar-refractivity contribution in [1.82, 2.24) is 0 Å². The molecule has 156 valence electrons. The van der Waals surface area contributed by atoms with Gasteiger partial charge in [-0.25, -0.2) is 8.78 Å². The fourth-order valence-electron chi connectivity index (χ4n) is 3.29. The molecule has 0 fully saturated rings. The van der Waals surface area contributed by atoms with Gasteiger partial charge in [-0.3, -0.25) is 0 Å². The van der Waals surface area contributed by atoms with Crippen molar-refractivity contribution in [3.8, 4) is 0 Å². The lowest BCUT2D eigenvalue weighted by Gasteiger charge is -2.38. The van der Waals surface area contributed by atoms with E-state index in [1.807, 2.05) is 27.7 Å². The zero-order chi connectivity index (χ0) is 20.4. The van der Waals surface area contributed by atoms with E-state index in [-0.39, 0.29) is 12.2 Å². The number of halogens is 2. The summed E-state index contributed by atoms with van der Waals surface area (Å²) in [5, 5.41) is 11.2. The molecule has 27 heavy (non-hydrogen) atoms. The van der Waals surface area contributed by atoms with Crippen LogP contribution < -0.4 is 0 Å². The smallest absolute Gasteiger partial charge is 0.288 e. The van der Waals surface area contributed by atoms with Crippen LogP contribution in [0.4, 0.5) is 8.78 Å². The van der Waals surface area contributed by atoms with Gasteiger partial charge in [-0.15, -0.1) is 0 Å². The third-order valence-corrected chi connectivity index (χ3v) is 4.44. The third kappa shape index (κ3) is 8.24. The number of aliphatic hydroxyl groups is 1. The Morgan fingerprint density at radius 1 is 0.889 bits per heavy atom. The summed E-state index contributed by atoms with van der Waals surface area (Å²) in [5.74, 6) is -4.34. The average Bonchev–Trinajstić information content (AvgIpc) is 2.55. The van der Waals surface area contributed by atoms with E-state index in [1.165, 1.54) is 25.3 Å². The minimum absolute atomic E-state index is 0.286. The van der Waals surface area contributed by atoms with Crippen LogP contribution in [0.15, 0.2) is 18.2 Å². The Bertz CT molecular complexity index is 536. The molecular formula is C22H36F2O3. The second-order valence-electron chi connectivity index (χ2n) is 7.75. The van der Waals surface area contributed by atoms with Crippen LogP contribution in [0, 0.1) is 11.6 Å². The van der Waals surface area contributed by atoms with Gasteiger partial charge in [0.1, 0.15) is 0 Å². The summed E-state index contributed by atoms with van der Waals surface area (Å²) in [5.41, 5.74) is 0.478. The minimum atomic E-state index is -1.89. The number of ether oxygens (including phenoxy) is 2. The Hall–Kier alpha value is -1.04. The van der Waals surface area contributed by atoms with Crippen molar-refractivity contribution in [2.75, 3.05) is 0 Å². The molecule has 1 unspecified atom stereocenters. The SMILES string of the molecule is CCCCCCCCC(c1ccc(F)c(F)c1)C(O)(OC(C)C)OC(C)C. The first kappa shape index (κ1) is 24.0. The number of unbranched alkanes of at least 4 members (excludes halogenated alkanes) is 5. The number of rotatable bonds is 13. The molecule has 0 saturated heterocycles. The topological polar surface area (TPSA) is 38.7 Å². The summed E-state index contributed by atoms with van der Waals surface area (Å²) in [7, 11) is 0. The van der Waals surface area contributed by atoms with Crippen LogP contribution in [0.1, 0.15) is 91.0 Å². The quantitative estimate of drug-likeness (QED) is 0.320. The zero-order valence-electron chi connectivity index (χ0n) is 17.4. The lowest BCUT2D eigenvalue weighted by Crippen LogP contribution is -2.46. The van der Waals surface area contributed by atoms with Gasteiger partial charge in [0.15, 0.2) is 11.6 Å². The minimum Gasteiger partial charge on any atom is -0.343 e. The summed E-state index contributed by atoms with van der Waals surface area (Å²) >= 11 is 0. The van der Waals surface area contributed by atoms with E-state index in [4.69, 9.17) is 9.47 Å². The molecule has 1 N–H and O–H groups in total. The van der Waals surface area contributed by atoms with Crippen molar-refractivity contribution >= 4 is 0 Å². The first-order chi connectivity index (χ1) is 12.7. The molecule has 1 rings (SSSR count). The molecule has 0 aliphatic heterocycles.